The van der Waals surface area contributed by atoms with Gasteiger partial charge in [0.1, 0.15) is 5.03 Å². The molecular weight excluding hydrogens is 572 g/mol. The molecule has 2 aromatic carbocycles. The van der Waals surface area contributed by atoms with Crippen molar-refractivity contribution in [3.05, 3.63) is 92.2 Å². The highest BCUT2D eigenvalue weighted by Crippen LogP contribution is 2.27. The summed E-state index contributed by atoms with van der Waals surface area (Å²) < 4.78 is 2.67. The summed E-state index contributed by atoms with van der Waals surface area (Å²) in [5.41, 5.74) is 1.89. The Bertz CT molecular complexity index is 1610. The number of hydrogen-bond acceptors (Lipinski definition) is 14. The van der Waals surface area contributed by atoms with Crippen LogP contribution in [0.5, 0.6) is 0 Å². The summed E-state index contributed by atoms with van der Waals surface area (Å²) in [5.74, 6) is 14.8. The molecule has 0 bridgehead atoms. The molecule has 41 heavy (non-hydrogen) atoms. The number of benzene rings is 2. The number of aromatic nitrogens is 8. The minimum absolute atomic E-state index is 0.0305. The predicted molar refractivity (Wildman–Crippen MR) is 150 cm³/mol. The third-order valence-electron chi connectivity index (χ3n) is 5.70. The fraction of sp³-hybridized carbons (Fsp3) is 0.130. The maximum absolute atomic E-state index is 10.9. The van der Waals surface area contributed by atoms with Crippen LogP contribution in [0.2, 0.25) is 0 Å². The highest BCUT2D eigenvalue weighted by molar-refractivity contribution is 7.99. The van der Waals surface area contributed by atoms with Crippen LogP contribution < -0.4 is 11.7 Å². The second kappa shape index (κ2) is 11.6. The van der Waals surface area contributed by atoms with E-state index in [1.807, 2.05) is 13.0 Å². The van der Waals surface area contributed by atoms with E-state index in [1.165, 1.54) is 57.1 Å². The fourth-order valence-electron chi connectivity index (χ4n) is 3.62. The highest BCUT2D eigenvalue weighted by atomic mass is 32.2. The van der Waals surface area contributed by atoms with E-state index in [9.17, 15) is 20.2 Å². The molecule has 0 radical (unpaired) electrons. The van der Waals surface area contributed by atoms with Crippen molar-refractivity contribution in [2.24, 2.45) is 0 Å². The number of nitrogens with two attached hydrogens (primary N) is 2. The van der Waals surface area contributed by atoms with Crippen LogP contribution in [-0.4, -0.2) is 49.6 Å². The van der Waals surface area contributed by atoms with Crippen LogP contribution in [0.15, 0.2) is 64.8 Å². The summed E-state index contributed by atoms with van der Waals surface area (Å²) in [6, 6.07) is 13.6. The fourth-order valence-corrected chi connectivity index (χ4v) is 5.38. The molecule has 5 rings (SSSR count). The minimum Gasteiger partial charge on any atom is -0.336 e. The monoisotopic (exact) mass is 592 g/mol. The molecule has 0 fully saturated rings. The zero-order chi connectivity index (χ0) is 29.1. The van der Waals surface area contributed by atoms with Crippen LogP contribution in [0, 0.1) is 27.2 Å². The summed E-state index contributed by atoms with van der Waals surface area (Å²) in [7, 11) is 0. The summed E-state index contributed by atoms with van der Waals surface area (Å²) in [6.45, 7) is 1.85. The van der Waals surface area contributed by atoms with Gasteiger partial charge in [-0.05, 0) is 37.3 Å². The van der Waals surface area contributed by atoms with E-state index in [1.54, 1.807) is 24.3 Å². The van der Waals surface area contributed by atoms with Crippen LogP contribution in [0.4, 0.5) is 11.4 Å². The Hall–Kier alpha value is -5.10. The second-order valence-corrected chi connectivity index (χ2v) is 10.4. The largest absolute Gasteiger partial charge is 0.336 e. The number of nitrogens with zero attached hydrogens (tertiary/aromatic N) is 10. The van der Waals surface area contributed by atoms with Crippen LogP contribution >= 0.6 is 23.5 Å². The molecule has 16 nitrogen and oxygen atoms in total. The summed E-state index contributed by atoms with van der Waals surface area (Å²) in [4.78, 5) is 29.9. The molecule has 0 aliphatic carbocycles. The Kier molecular flexibility index (Phi) is 7.74. The molecule has 0 aliphatic heterocycles. The van der Waals surface area contributed by atoms with E-state index in [0.29, 0.717) is 56.1 Å². The van der Waals surface area contributed by atoms with Gasteiger partial charge in [-0.1, -0.05) is 23.5 Å². The SMILES string of the molecule is Cc1cc(SCc2nnc(-c3ccc([N+](=O)[O-])cc3)n2N)nc(SCc2nnc(-c3ccc([N+](=O)[O-])cc3)n2N)n1. The van der Waals surface area contributed by atoms with Gasteiger partial charge >= 0.3 is 0 Å². The third kappa shape index (κ3) is 6.07. The molecule has 0 atom stereocenters. The molecule has 0 spiro atoms. The molecule has 0 saturated carbocycles. The maximum Gasteiger partial charge on any atom is 0.269 e. The Morgan fingerprint density at radius 3 is 1.66 bits per heavy atom. The van der Waals surface area contributed by atoms with Gasteiger partial charge in [0.2, 0.25) is 0 Å². The van der Waals surface area contributed by atoms with Crippen molar-refractivity contribution in [2.75, 3.05) is 11.7 Å². The Morgan fingerprint density at radius 1 is 0.732 bits per heavy atom. The number of thioether (sulfide) groups is 2. The number of nitro groups is 2. The molecule has 0 saturated heterocycles. The average Bonchev–Trinajstić information content (AvgIpc) is 3.52. The molecule has 0 amide bonds. The lowest BCUT2D eigenvalue weighted by Gasteiger charge is -2.07. The van der Waals surface area contributed by atoms with Gasteiger partial charge < -0.3 is 11.7 Å². The Labute approximate surface area is 239 Å². The van der Waals surface area contributed by atoms with Gasteiger partial charge in [0.15, 0.2) is 28.5 Å². The van der Waals surface area contributed by atoms with E-state index >= 15 is 0 Å². The predicted octanol–water partition coefficient (Wildman–Crippen LogP) is 3.13. The topological polar surface area (TPSA) is 226 Å². The van der Waals surface area contributed by atoms with Crippen molar-refractivity contribution < 1.29 is 9.85 Å². The molecule has 5 aromatic rings. The van der Waals surface area contributed by atoms with Gasteiger partial charge in [-0.25, -0.2) is 19.3 Å². The van der Waals surface area contributed by atoms with E-state index < -0.39 is 9.85 Å². The lowest BCUT2D eigenvalue weighted by Crippen LogP contribution is -2.14. The zero-order valence-corrected chi connectivity index (χ0v) is 22.8. The molecule has 4 N–H and O–H groups in total. The summed E-state index contributed by atoms with van der Waals surface area (Å²) >= 11 is 2.72. The quantitative estimate of drug-likeness (QED) is 0.0593. The van der Waals surface area contributed by atoms with Crippen molar-refractivity contribution in [1.29, 1.82) is 0 Å². The number of aryl methyl sites for hydroxylation is 1. The molecule has 0 aliphatic rings. The van der Waals surface area contributed by atoms with Crippen LogP contribution in [0.3, 0.4) is 0 Å². The van der Waals surface area contributed by atoms with E-state index in [4.69, 9.17) is 11.7 Å². The van der Waals surface area contributed by atoms with Crippen molar-refractivity contribution in [3.63, 3.8) is 0 Å². The molecule has 0 unspecified atom stereocenters. The molecular formula is C23H20N12O4S2. The van der Waals surface area contributed by atoms with Gasteiger partial charge in [0.25, 0.3) is 11.4 Å². The van der Waals surface area contributed by atoms with Crippen molar-refractivity contribution in [3.8, 4) is 22.8 Å². The zero-order valence-electron chi connectivity index (χ0n) is 21.2. The van der Waals surface area contributed by atoms with Crippen LogP contribution in [-0.2, 0) is 11.5 Å². The minimum atomic E-state index is -0.479. The summed E-state index contributed by atoms with van der Waals surface area (Å²) in [5, 5.41) is 39.5. The van der Waals surface area contributed by atoms with E-state index in [-0.39, 0.29) is 11.4 Å². The van der Waals surface area contributed by atoms with Gasteiger partial charge in [-0.2, -0.15) is 0 Å². The second-order valence-electron chi connectivity index (χ2n) is 8.44. The standard InChI is InChI=1S/C23H20N12O4S2/c1-13-10-20(40-11-18-28-30-21(32(18)24)14-2-6-16(7-3-14)34(36)37)27-23(26-13)41-12-19-29-31-22(33(19)25)15-4-8-17(9-5-15)35(38)39/h2-10H,11-12,24-25H2,1H3. The number of non-ortho nitro benzene ring substituents is 2. The lowest BCUT2D eigenvalue weighted by atomic mass is 10.2. The van der Waals surface area contributed by atoms with Gasteiger partial charge in [-0.15, -0.1) is 20.4 Å². The van der Waals surface area contributed by atoms with E-state index in [0.717, 1.165) is 5.69 Å². The number of hydrogen-bond donors (Lipinski definition) is 2. The van der Waals surface area contributed by atoms with Crippen molar-refractivity contribution in [2.45, 2.75) is 28.6 Å². The van der Waals surface area contributed by atoms with E-state index in [2.05, 4.69) is 30.4 Å². The number of nitro benzene ring substituents is 2. The van der Waals surface area contributed by atoms with Gasteiger partial charge in [0, 0.05) is 41.1 Å². The van der Waals surface area contributed by atoms with Crippen molar-refractivity contribution >= 4 is 34.9 Å². The van der Waals surface area contributed by atoms with Gasteiger partial charge in [0.05, 0.1) is 21.4 Å². The number of rotatable bonds is 10. The molecule has 208 valence electrons. The lowest BCUT2D eigenvalue weighted by molar-refractivity contribution is -0.385. The van der Waals surface area contributed by atoms with Crippen LogP contribution in [0.1, 0.15) is 17.3 Å². The smallest absolute Gasteiger partial charge is 0.269 e. The first kappa shape index (κ1) is 27.5. The first-order chi connectivity index (χ1) is 19.7. The Balaban J connectivity index is 1.24. The Morgan fingerprint density at radius 2 is 1.20 bits per heavy atom. The highest BCUT2D eigenvalue weighted by Gasteiger charge is 2.16. The third-order valence-corrected chi connectivity index (χ3v) is 7.45. The summed E-state index contributed by atoms with van der Waals surface area (Å²) in [6.07, 6.45) is 0. The first-order valence-electron chi connectivity index (χ1n) is 11.7. The first-order valence-corrected chi connectivity index (χ1v) is 13.7. The maximum atomic E-state index is 10.9. The average molecular weight is 593 g/mol. The molecule has 18 heteroatoms. The van der Waals surface area contributed by atoms with Gasteiger partial charge in [-0.3, -0.25) is 20.2 Å². The van der Waals surface area contributed by atoms with Crippen molar-refractivity contribution in [1.82, 2.24) is 39.7 Å². The normalized spacial score (nSPS) is 11.0. The van der Waals surface area contributed by atoms with Crippen LogP contribution in [0.25, 0.3) is 22.8 Å². The molecule has 3 aromatic heterocycles. The molecule has 3 heterocycles. The number of nitrogen functional groups attached to an aromatic ring is 2.